The largest absolute Gasteiger partial charge is 0.366 e. The van der Waals surface area contributed by atoms with E-state index in [0.717, 1.165) is 0 Å². The van der Waals surface area contributed by atoms with Crippen LogP contribution in [-0.2, 0) is 0 Å². The van der Waals surface area contributed by atoms with Gasteiger partial charge in [0.05, 0.1) is 17.3 Å². The maximum Gasteiger partial charge on any atom is 0.259 e. The lowest BCUT2D eigenvalue weighted by Gasteiger charge is -2.03. The number of nitrogens with one attached hydrogen (secondary N) is 2. The van der Waals surface area contributed by atoms with Gasteiger partial charge in [-0.15, -0.1) is 11.3 Å². The molecule has 0 spiro atoms. The number of thiophene rings is 1. The minimum absolute atomic E-state index is 0.310. The summed E-state index contributed by atoms with van der Waals surface area (Å²) in [5.41, 5.74) is 6.60. The molecule has 0 bridgehead atoms. The van der Waals surface area contributed by atoms with Gasteiger partial charge < -0.3 is 11.1 Å². The molecule has 2 aromatic rings. The number of rotatable bonds is 3. The summed E-state index contributed by atoms with van der Waals surface area (Å²) in [6, 6.07) is 1.57. The summed E-state index contributed by atoms with van der Waals surface area (Å²) in [4.78, 5) is 22.9. The van der Waals surface area contributed by atoms with Crippen molar-refractivity contribution < 1.29 is 9.59 Å². The zero-order valence-electron chi connectivity index (χ0n) is 8.98. The van der Waals surface area contributed by atoms with Crippen LogP contribution >= 0.6 is 11.3 Å². The fourth-order valence-corrected chi connectivity index (χ4v) is 2.14. The smallest absolute Gasteiger partial charge is 0.259 e. The van der Waals surface area contributed by atoms with E-state index >= 15 is 0 Å². The van der Waals surface area contributed by atoms with Crippen LogP contribution in [0.4, 0.5) is 5.00 Å². The number of primary amides is 1. The van der Waals surface area contributed by atoms with Crippen molar-refractivity contribution >= 4 is 28.2 Å². The van der Waals surface area contributed by atoms with Crippen LogP contribution in [0.1, 0.15) is 26.4 Å². The number of amides is 2. The van der Waals surface area contributed by atoms with Crippen LogP contribution in [0.2, 0.25) is 0 Å². The Morgan fingerprint density at radius 2 is 2.24 bits per heavy atom. The molecule has 2 heterocycles. The zero-order valence-corrected chi connectivity index (χ0v) is 9.80. The standard InChI is InChI=1S/C10H10N4O2S/c1-5-7(4-12-14-5)9(16)13-10-6(8(11)15)2-3-17-10/h2-4H,1H3,(H2,11,15)(H,12,14)(H,13,16). The van der Waals surface area contributed by atoms with Crippen molar-refractivity contribution in [3.63, 3.8) is 0 Å². The van der Waals surface area contributed by atoms with Crippen LogP contribution in [0, 0.1) is 6.92 Å². The van der Waals surface area contributed by atoms with Crippen LogP contribution in [0.25, 0.3) is 0 Å². The molecule has 0 saturated heterocycles. The highest BCUT2D eigenvalue weighted by atomic mass is 32.1. The Labute approximate surface area is 101 Å². The van der Waals surface area contributed by atoms with Gasteiger partial charge in [0.25, 0.3) is 11.8 Å². The van der Waals surface area contributed by atoms with E-state index < -0.39 is 5.91 Å². The minimum Gasteiger partial charge on any atom is -0.366 e. The Morgan fingerprint density at radius 1 is 1.47 bits per heavy atom. The molecule has 0 atom stereocenters. The van der Waals surface area contributed by atoms with Crippen molar-refractivity contribution in [2.24, 2.45) is 5.73 Å². The van der Waals surface area contributed by atoms with Gasteiger partial charge in [-0.3, -0.25) is 14.7 Å². The van der Waals surface area contributed by atoms with E-state index in [0.29, 0.717) is 21.8 Å². The highest BCUT2D eigenvalue weighted by Crippen LogP contribution is 2.23. The molecule has 2 aromatic heterocycles. The van der Waals surface area contributed by atoms with E-state index in [2.05, 4.69) is 15.5 Å². The number of nitrogens with two attached hydrogens (primary N) is 1. The summed E-state index contributed by atoms with van der Waals surface area (Å²) >= 11 is 1.25. The van der Waals surface area contributed by atoms with Crippen LogP contribution in [0.15, 0.2) is 17.6 Å². The Hall–Kier alpha value is -2.15. The molecule has 2 amide bonds. The second kappa shape index (κ2) is 4.38. The predicted molar refractivity (Wildman–Crippen MR) is 64.1 cm³/mol. The SMILES string of the molecule is Cc1[nH]ncc1C(=O)Nc1sccc1C(N)=O. The van der Waals surface area contributed by atoms with Crippen LogP contribution in [-0.4, -0.2) is 22.0 Å². The van der Waals surface area contributed by atoms with Crippen LogP contribution in [0.3, 0.4) is 0 Å². The molecule has 7 heteroatoms. The molecule has 17 heavy (non-hydrogen) atoms. The van der Waals surface area contributed by atoms with Crippen LogP contribution in [0.5, 0.6) is 0 Å². The van der Waals surface area contributed by atoms with Gasteiger partial charge in [-0.2, -0.15) is 5.10 Å². The lowest BCUT2D eigenvalue weighted by Crippen LogP contribution is -2.16. The topological polar surface area (TPSA) is 101 Å². The molecule has 0 aliphatic rings. The van der Waals surface area contributed by atoms with Gasteiger partial charge in [0, 0.05) is 5.69 Å². The first-order chi connectivity index (χ1) is 8.09. The fourth-order valence-electron chi connectivity index (χ4n) is 1.35. The predicted octanol–water partition coefficient (Wildman–Crippen LogP) is 1.13. The number of aryl methyl sites for hydroxylation is 1. The maximum atomic E-state index is 11.9. The summed E-state index contributed by atoms with van der Waals surface area (Å²) in [5, 5.41) is 11.2. The van der Waals surface area contributed by atoms with E-state index in [9.17, 15) is 9.59 Å². The molecule has 4 N–H and O–H groups in total. The molecule has 88 valence electrons. The molecule has 2 rings (SSSR count). The first kappa shape index (κ1) is 11.3. The Bertz CT molecular complexity index is 572. The van der Waals surface area contributed by atoms with Crippen molar-refractivity contribution in [3.05, 3.63) is 34.5 Å². The maximum absolute atomic E-state index is 11.9. The fraction of sp³-hybridized carbons (Fsp3) is 0.100. The molecule has 0 fully saturated rings. The Balaban J connectivity index is 2.22. The Kier molecular flexibility index (Phi) is 2.92. The van der Waals surface area contributed by atoms with Gasteiger partial charge in [0.15, 0.2) is 0 Å². The number of aromatic amines is 1. The molecule has 0 saturated carbocycles. The van der Waals surface area contributed by atoms with Crippen molar-refractivity contribution in [1.29, 1.82) is 0 Å². The molecule has 0 aromatic carbocycles. The van der Waals surface area contributed by atoms with Gasteiger partial charge in [0.1, 0.15) is 5.00 Å². The number of hydrogen-bond acceptors (Lipinski definition) is 4. The molecular weight excluding hydrogens is 240 g/mol. The van der Waals surface area contributed by atoms with E-state index in [1.807, 2.05) is 0 Å². The minimum atomic E-state index is -0.564. The van der Waals surface area contributed by atoms with Gasteiger partial charge >= 0.3 is 0 Å². The van der Waals surface area contributed by atoms with E-state index in [1.165, 1.54) is 17.5 Å². The lowest BCUT2D eigenvalue weighted by atomic mass is 10.2. The molecule has 6 nitrogen and oxygen atoms in total. The lowest BCUT2D eigenvalue weighted by molar-refractivity contribution is 0.100. The van der Waals surface area contributed by atoms with Crippen molar-refractivity contribution in [2.75, 3.05) is 5.32 Å². The second-order valence-corrected chi connectivity index (χ2v) is 4.31. The summed E-state index contributed by atoms with van der Waals surface area (Å²) in [7, 11) is 0. The normalized spacial score (nSPS) is 10.2. The van der Waals surface area contributed by atoms with E-state index in [4.69, 9.17) is 5.73 Å². The number of carbonyl (C=O) groups excluding carboxylic acids is 2. The third-order valence-electron chi connectivity index (χ3n) is 2.23. The highest BCUT2D eigenvalue weighted by Gasteiger charge is 2.15. The van der Waals surface area contributed by atoms with Crippen LogP contribution < -0.4 is 11.1 Å². The third-order valence-corrected chi connectivity index (χ3v) is 3.06. The molecular formula is C10H10N4O2S. The Morgan fingerprint density at radius 3 is 2.82 bits per heavy atom. The number of H-pyrrole nitrogens is 1. The quantitative estimate of drug-likeness (QED) is 0.761. The zero-order chi connectivity index (χ0) is 12.4. The van der Waals surface area contributed by atoms with Crippen molar-refractivity contribution in [3.8, 4) is 0 Å². The highest BCUT2D eigenvalue weighted by molar-refractivity contribution is 7.14. The average Bonchev–Trinajstić information content (AvgIpc) is 2.86. The summed E-state index contributed by atoms with van der Waals surface area (Å²) in [6.45, 7) is 1.74. The van der Waals surface area contributed by atoms with Crippen molar-refractivity contribution in [2.45, 2.75) is 6.92 Å². The number of hydrogen-bond donors (Lipinski definition) is 3. The molecule has 0 unspecified atom stereocenters. The second-order valence-electron chi connectivity index (χ2n) is 3.39. The summed E-state index contributed by atoms with van der Waals surface area (Å²) in [5.74, 6) is -0.883. The number of carbonyl (C=O) groups is 2. The number of anilines is 1. The van der Waals surface area contributed by atoms with Gasteiger partial charge in [-0.25, -0.2) is 0 Å². The summed E-state index contributed by atoms with van der Waals surface area (Å²) in [6.07, 6.45) is 1.43. The van der Waals surface area contributed by atoms with Gasteiger partial charge in [-0.05, 0) is 18.4 Å². The van der Waals surface area contributed by atoms with E-state index in [1.54, 1.807) is 18.4 Å². The first-order valence-corrected chi connectivity index (χ1v) is 5.66. The van der Waals surface area contributed by atoms with Crippen molar-refractivity contribution in [1.82, 2.24) is 10.2 Å². The number of nitrogens with zero attached hydrogens (tertiary/aromatic N) is 1. The monoisotopic (exact) mass is 250 g/mol. The van der Waals surface area contributed by atoms with Gasteiger partial charge in [-0.1, -0.05) is 0 Å². The number of aromatic nitrogens is 2. The summed E-state index contributed by atoms with van der Waals surface area (Å²) < 4.78 is 0. The molecule has 0 aliphatic carbocycles. The molecule has 0 aliphatic heterocycles. The average molecular weight is 250 g/mol. The third kappa shape index (κ3) is 2.18. The van der Waals surface area contributed by atoms with E-state index in [-0.39, 0.29) is 5.91 Å². The first-order valence-electron chi connectivity index (χ1n) is 4.78. The van der Waals surface area contributed by atoms with Gasteiger partial charge in [0.2, 0.25) is 0 Å². The molecule has 0 radical (unpaired) electrons.